The van der Waals surface area contributed by atoms with Crippen molar-refractivity contribution in [3.8, 4) is 0 Å². The lowest BCUT2D eigenvalue weighted by Crippen LogP contribution is -2.42. The molecule has 0 spiro atoms. The van der Waals surface area contributed by atoms with E-state index >= 15 is 0 Å². The first-order valence-corrected chi connectivity index (χ1v) is 10.4. The normalized spacial score (nSPS) is 33.1. The smallest absolute Gasteiger partial charge is 0.129 e. The van der Waals surface area contributed by atoms with Crippen molar-refractivity contribution in [2.24, 2.45) is 16.8 Å². The highest BCUT2D eigenvalue weighted by atomic mass is 32.2. The zero-order chi connectivity index (χ0) is 17.7. The van der Waals surface area contributed by atoms with Gasteiger partial charge in [-0.2, -0.15) is 0 Å². The van der Waals surface area contributed by atoms with Crippen LogP contribution in [0, 0.1) is 11.8 Å². The molecule has 4 nitrogen and oxygen atoms in total. The number of thioether (sulfide) groups is 1. The lowest BCUT2D eigenvalue weighted by atomic mass is 9.87. The van der Waals surface area contributed by atoms with Crippen molar-refractivity contribution in [1.29, 1.82) is 0 Å². The Morgan fingerprint density at radius 1 is 1.24 bits per heavy atom. The lowest BCUT2D eigenvalue weighted by molar-refractivity contribution is 0.246. The van der Waals surface area contributed by atoms with Gasteiger partial charge in [0.1, 0.15) is 10.9 Å². The monoisotopic (exact) mass is 358 g/mol. The third kappa shape index (κ3) is 2.85. The van der Waals surface area contributed by atoms with E-state index in [-0.39, 0.29) is 0 Å². The van der Waals surface area contributed by atoms with Crippen molar-refractivity contribution in [2.45, 2.75) is 31.4 Å². The zero-order valence-electron chi connectivity index (χ0n) is 15.8. The van der Waals surface area contributed by atoms with Crippen LogP contribution in [0.5, 0.6) is 0 Å². The molecule has 4 heterocycles. The Hall–Kier alpha value is -1.20. The molecule has 4 aliphatic rings. The van der Waals surface area contributed by atoms with Gasteiger partial charge in [-0.05, 0) is 26.4 Å². The van der Waals surface area contributed by atoms with Crippen molar-refractivity contribution in [3.63, 3.8) is 0 Å². The Labute approximate surface area is 156 Å². The summed E-state index contributed by atoms with van der Waals surface area (Å²) in [5.74, 6) is 2.28. The van der Waals surface area contributed by atoms with Gasteiger partial charge in [-0.15, -0.1) is 11.8 Å². The largest absolute Gasteiger partial charge is 0.371 e. The van der Waals surface area contributed by atoms with Crippen molar-refractivity contribution in [1.82, 2.24) is 14.7 Å². The standard InChI is InChI=1S/C20H30N4S/c1-6-7-15-10-24-14(3)19-16-8-9-22(4)11-17(16)25-20(19)21-18(24)12-23(5)13(15)2/h15-17H,2-3,6-12H2,1,4-5H3. The second-order valence-corrected chi connectivity index (χ2v) is 9.18. The van der Waals surface area contributed by atoms with Crippen LogP contribution in [0.4, 0.5) is 0 Å². The average Bonchev–Trinajstić information content (AvgIpc) is 2.88. The van der Waals surface area contributed by atoms with Crippen LogP contribution in [-0.4, -0.2) is 66.1 Å². The molecule has 0 aromatic rings. The van der Waals surface area contributed by atoms with Gasteiger partial charge in [0.25, 0.3) is 0 Å². The SMILES string of the molecule is C=C1C(CCC)CN2C(=C)C3=C(N=C2CN1C)SC1CN(C)CCC31. The molecule has 0 radical (unpaired) electrons. The van der Waals surface area contributed by atoms with Crippen molar-refractivity contribution < 1.29 is 0 Å². The van der Waals surface area contributed by atoms with Crippen LogP contribution in [0.15, 0.2) is 40.1 Å². The average molecular weight is 359 g/mol. The number of amidine groups is 1. The topological polar surface area (TPSA) is 22.1 Å². The van der Waals surface area contributed by atoms with E-state index in [1.807, 2.05) is 11.8 Å². The zero-order valence-corrected chi connectivity index (χ0v) is 16.6. The highest BCUT2D eigenvalue weighted by molar-refractivity contribution is 8.04. The predicted octanol–water partition coefficient (Wildman–Crippen LogP) is 3.37. The van der Waals surface area contributed by atoms with Crippen LogP contribution < -0.4 is 0 Å². The van der Waals surface area contributed by atoms with Gasteiger partial charge in [-0.25, -0.2) is 4.99 Å². The van der Waals surface area contributed by atoms with E-state index in [1.165, 1.54) is 47.8 Å². The molecule has 0 aromatic carbocycles. The van der Waals surface area contributed by atoms with Gasteiger partial charge >= 0.3 is 0 Å². The number of nitrogens with zero attached hydrogens (tertiary/aromatic N) is 4. The summed E-state index contributed by atoms with van der Waals surface area (Å²) >= 11 is 1.98. The number of allylic oxidation sites excluding steroid dienone is 1. The Balaban J connectivity index is 1.65. The van der Waals surface area contributed by atoms with Gasteiger partial charge < -0.3 is 14.7 Å². The molecule has 0 aromatic heterocycles. The Morgan fingerprint density at radius 2 is 2.04 bits per heavy atom. The fourth-order valence-electron chi connectivity index (χ4n) is 4.68. The number of likely N-dealkylation sites (N-methyl/N-ethyl adjacent to an activating group) is 1. The maximum atomic E-state index is 5.13. The first-order valence-electron chi connectivity index (χ1n) is 9.53. The minimum atomic E-state index is 0.490. The number of aliphatic imine (C=N–C) groups is 1. The van der Waals surface area contributed by atoms with Crippen molar-refractivity contribution >= 4 is 17.6 Å². The maximum Gasteiger partial charge on any atom is 0.129 e. The molecule has 0 bridgehead atoms. The molecule has 3 atom stereocenters. The fraction of sp³-hybridized carbons (Fsp3) is 0.650. The number of fused-ring (bicyclic) bond motifs is 3. The summed E-state index contributed by atoms with van der Waals surface area (Å²) in [5, 5.41) is 1.89. The van der Waals surface area contributed by atoms with Gasteiger partial charge in [0.2, 0.25) is 0 Å². The molecule has 136 valence electrons. The fourth-order valence-corrected chi connectivity index (χ4v) is 6.29. The number of likely N-dealkylation sites (tertiary alicyclic amines) is 1. The second-order valence-electron chi connectivity index (χ2n) is 7.95. The molecule has 4 aliphatic heterocycles. The highest BCUT2D eigenvalue weighted by Crippen LogP contribution is 2.51. The molecule has 0 saturated carbocycles. The molecule has 5 heteroatoms. The van der Waals surface area contributed by atoms with E-state index in [0.29, 0.717) is 17.1 Å². The summed E-state index contributed by atoms with van der Waals surface area (Å²) in [6.45, 7) is 15.3. The number of hydrogen-bond donors (Lipinski definition) is 0. The maximum absolute atomic E-state index is 5.13. The summed E-state index contributed by atoms with van der Waals surface area (Å²) in [7, 11) is 4.39. The summed E-state index contributed by atoms with van der Waals surface area (Å²) in [6, 6.07) is 0. The molecule has 0 N–H and O–H groups in total. The minimum Gasteiger partial charge on any atom is -0.371 e. The van der Waals surface area contributed by atoms with Gasteiger partial charge in [0.05, 0.1) is 6.54 Å². The van der Waals surface area contributed by atoms with E-state index in [2.05, 4.69) is 48.9 Å². The third-order valence-corrected chi connectivity index (χ3v) is 7.50. The number of piperidine rings is 1. The van der Waals surface area contributed by atoms with E-state index in [0.717, 1.165) is 25.5 Å². The summed E-state index contributed by atoms with van der Waals surface area (Å²) in [6.07, 6.45) is 3.60. The Kier molecular flexibility index (Phi) is 4.49. The predicted molar refractivity (Wildman–Crippen MR) is 107 cm³/mol. The minimum absolute atomic E-state index is 0.490. The second kappa shape index (κ2) is 6.51. The van der Waals surface area contributed by atoms with Crippen LogP contribution in [-0.2, 0) is 0 Å². The van der Waals surface area contributed by atoms with Gasteiger partial charge in [0.15, 0.2) is 0 Å². The molecule has 25 heavy (non-hydrogen) atoms. The Morgan fingerprint density at radius 3 is 2.80 bits per heavy atom. The molecular weight excluding hydrogens is 328 g/mol. The van der Waals surface area contributed by atoms with E-state index < -0.39 is 0 Å². The van der Waals surface area contributed by atoms with Gasteiger partial charge in [0, 0.05) is 54.2 Å². The van der Waals surface area contributed by atoms with Crippen LogP contribution in [0.3, 0.4) is 0 Å². The summed E-state index contributed by atoms with van der Waals surface area (Å²) in [4.78, 5) is 12.3. The molecule has 0 amide bonds. The lowest BCUT2D eigenvalue weighted by Gasteiger charge is -2.36. The van der Waals surface area contributed by atoms with Gasteiger partial charge in [-0.1, -0.05) is 26.5 Å². The number of rotatable bonds is 2. The van der Waals surface area contributed by atoms with E-state index in [4.69, 9.17) is 4.99 Å². The molecule has 3 unspecified atom stereocenters. The molecular formula is C20H30N4S. The highest BCUT2D eigenvalue weighted by Gasteiger charge is 2.44. The van der Waals surface area contributed by atoms with Crippen LogP contribution in [0.25, 0.3) is 0 Å². The number of hydrogen-bond acceptors (Lipinski definition) is 5. The molecule has 2 saturated heterocycles. The molecule has 2 fully saturated rings. The summed E-state index contributed by atoms with van der Waals surface area (Å²) < 4.78 is 0. The van der Waals surface area contributed by atoms with E-state index in [1.54, 1.807) is 0 Å². The van der Waals surface area contributed by atoms with Crippen LogP contribution in [0.1, 0.15) is 26.2 Å². The molecule has 4 rings (SSSR count). The van der Waals surface area contributed by atoms with Crippen LogP contribution >= 0.6 is 11.8 Å². The Bertz CT molecular complexity index is 665. The first-order chi connectivity index (χ1) is 12.0. The summed E-state index contributed by atoms with van der Waals surface area (Å²) in [5.41, 5.74) is 3.91. The third-order valence-electron chi connectivity index (χ3n) is 6.19. The van der Waals surface area contributed by atoms with Gasteiger partial charge in [-0.3, -0.25) is 0 Å². The van der Waals surface area contributed by atoms with Crippen molar-refractivity contribution in [3.05, 3.63) is 35.2 Å². The van der Waals surface area contributed by atoms with E-state index in [9.17, 15) is 0 Å². The van der Waals surface area contributed by atoms with Crippen molar-refractivity contribution in [2.75, 3.05) is 40.3 Å². The first kappa shape index (κ1) is 17.2. The quantitative estimate of drug-likeness (QED) is 0.755. The van der Waals surface area contributed by atoms with Crippen LogP contribution in [0.2, 0.25) is 0 Å². The molecule has 0 aliphatic carbocycles.